The molecule has 26 heavy (non-hydrogen) atoms. The van der Waals surface area contributed by atoms with Crippen molar-refractivity contribution in [2.45, 2.75) is 24.8 Å². The molecule has 0 bridgehead atoms. The molecule has 2 aromatic carbocycles. The van der Waals surface area contributed by atoms with Crippen molar-refractivity contribution < 1.29 is 27.5 Å². The molecule has 2 rings (SSSR count). The predicted octanol–water partition coefficient (Wildman–Crippen LogP) is 2.51. The maximum absolute atomic E-state index is 12.4. The van der Waals surface area contributed by atoms with Gasteiger partial charge in [0.25, 0.3) is 10.0 Å². The van der Waals surface area contributed by atoms with E-state index < -0.39 is 28.1 Å². The lowest BCUT2D eigenvalue weighted by molar-refractivity contribution is -0.149. The zero-order chi connectivity index (χ0) is 19.3. The van der Waals surface area contributed by atoms with Crippen molar-refractivity contribution in [3.63, 3.8) is 0 Å². The molecule has 0 spiro atoms. The van der Waals surface area contributed by atoms with Crippen LogP contribution in [0.1, 0.15) is 22.8 Å². The monoisotopic (exact) mass is 377 g/mol. The summed E-state index contributed by atoms with van der Waals surface area (Å²) >= 11 is 0. The fourth-order valence-corrected chi connectivity index (χ4v) is 3.11. The Morgan fingerprint density at radius 2 is 1.58 bits per heavy atom. The lowest BCUT2D eigenvalue weighted by Crippen LogP contribution is -2.25. The number of benzene rings is 2. The zero-order valence-corrected chi connectivity index (χ0v) is 15.4. The van der Waals surface area contributed by atoms with Gasteiger partial charge in [0.05, 0.1) is 17.6 Å². The number of carbonyl (C=O) groups is 2. The smallest absolute Gasteiger partial charge is 0.346 e. The van der Waals surface area contributed by atoms with Gasteiger partial charge in [-0.2, -0.15) is 0 Å². The van der Waals surface area contributed by atoms with Gasteiger partial charge in [0.1, 0.15) is 0 Å². The Hall–Kier alpha value is -2.87. The highest BCUT2D eigenvalue weighted by Gasteiger charge is 2.20. The Kier molecular flexibility index (Phi) is 5.99. The van der Waals surface area contributed by atoms with Crippen molar-refractivity contribution in [1.82, 2.24) is 0 Å². The van der Waals surface area contributed by atoms with Gasteiger partial charge >= 0.3 is 11.9 Å². The highest BCUT2D eigenvalue weighted by atomic mass is 32.2. The molecule has 2 aromatic rings. The van der Waals surface area contributed by atoms with Crippen LogP contribution in [0.3, 0.4) is 0 Å². The number of esters is 2. The highest BCUT2D eigenvalue weighted by molar-refractivity contribution is 7.92. The minimum absolute atomic E-state index is 0.00404. The lowest BCUT2D eigenvalue weighted by atomic mass is 10.2. The number of sulfonamides is 1. The molecule has 8 heteroatoms. The fraction of sp³-hybridized carbons (Fsp3) is 0.222. The first-order valence-corrected chi connectivity index (χ1v) is 9.19. The second-order valence-electron chi connectivity index (χ2n) is 5.57. The van der Waals surface area contributed by atoms with Crippen molar-refractivity contribution in [2.24, 2.45) is 0 Å². The van der Waals surface area contributed by atoms with Crippen molar-refractivity contribution in [3.05, 3.63) is 59.7 Å². The first-order valence-electron chi connectivity index (χ1n) is 7.71. The van der Waals surface area contributed by atoms with Gasteiger partial charge in [0, 0.05) is 5.69 Å². The Balaban J connectivity index is 2.11. The largest absolute Gasteiger partial charge is 0.466 e. The van der Waals surface area contributed by atoms with Gasteiger partial charge in [-0.1, -0.05) is 17.7 Å². The molecule has 0 radical (unpaired) electrons. The molecule has 0 aliphatic carbocycles. The molecule has 1 atom stereocenters. The lowest BCUT2D eigenvalue weighted by Gasteiger charge is -2.11. The molecule has 7 nitrogen and oxygen atoms in total. The van der Waals surface area contributed by atoms with Crippen LogP contribution in [0.4, 0.5) is 5.69 Å². The van der Waals surface area contributed by atoms with Crippen LogP contribution in [-0.2, 0) is 24.3 Å². The molecular formula is C18H19NO6S. The van der Waals surface area contributed by atoms with Crippen LogP contribution in [0.25, 0.3) is 0 Å². The third-order valence-corrected chi connectivity index (χ3v) is 4.92. The molecule has 0 amide bonds. The van der Waals surface area contributed by atoms with Gasteiger partial charge in [-0.05, 0) is 50.2 Å². The van der Waals surface area contributed by atoms with Crippen LogP contribution in [0.2, 0.25) is 0 Å². The molecule has 0 saturated carbocycles. The summed E-state index contributed by atoms with van der Waals surface area (Å²) < 4.78 is 36.6. The minimum atomic E-state index is -3.79. The number of carbonyl (C=O) groups excluding carboxylic acids is 2. The summed E-state index contributed by atoms with van der Waals surface area (Å²) in [6.45, 7) is 3.28. The molecule has 0 aromatic heterocycles. The van der Waals surface area contributed by atoms with Gasteiger partial charge < -0.3 is 9.47 Å². The number of aryl methyl sites for hydroxylation is 1. The van der Waals surface area contributed by atoms with Gasteiger partial charge in [0.15, 0.2) is 6.10 Å². The third kappa shape index (κ3) is 4.82. The first kappa shape index (κ1) is 19.5. The van der Waals surface area contributed by atoms with Crippen molar-refractivity contribution >= 4 is 27.6 Å². The van der Waals surface area contributed by atoms with Crippen LogP contribution in [0, 0.1) is 6.92 Å². The van der Waals surface area contributed by atoms with E-state index in [1.54, 1.807) is 24.3 Å². The number of methoxy groups -OCH3 is 1. The van der Waals surface area contributed by atoms with Crippen LogP contribution in [0.5, 0.6) is 0 Å². The Labute approximate surface area is 152 Å². The highest BCUT2D eigenvalue weighted by Crippen LogP contribution is 2.17. The summed E-state index contributed by atoms with van der Waals surface area (Å²) in [5.41, 5.74) is 1.57. The maximum Gasteiger partial charge on any atom is 0.346 e. The molecule has 0 aliphatic rings. The predicted molar refractivity (Wildman–Crippen MR) is 95.3 cm³/mol. The van der Waals surface area contributed by atoms with Crippen molar-refractivity contribution in [3.8, 4) is 0 Å². The summed E-state index contributed by atoms with van der Waals surface area (Å²) in [4.78, 5) is 23.2. The molecule has 0 saturated heterocycles. The molecule has 0 heterocycles. The quantitative estimate of drug-likeness (QED) is 0.777. The summed E-state index contributed by atoms with van der Waals surface area (Å²) in [5, 5.41) is 0. The van der Waals surface area contributed by atoms with E-state index in [0.29, 0.717) is 5.69 Å². The average Bonchev–Trinajstić information content (AvgIpc) is 2.62. The second kappa shape index (κ2) is 8.01. The van der Waals surface area contributed by atoms with Crippen LogP contribution in [-0.4, -0.2) is 33.6 Å². The summed E-state index contributed by atoms with van der Waals surface area (Å²) in [6, 6.07) is 12.1. The summed E-state index contributed by atoms with van der Waals surface area (Å²) in [6.07, 6.45) is -1.06. The Bertz CT molecular complexity index is 888. The van der Waals surface area contributed by atoms with E-state index in [-0.39, 0.29) is 10.5 Å². The second-order valence-corrected chi connectivity index (χ2v) is 7.25. The summed E-state index contributed by atoms with van der Waals surface area (Å²) in [7, 11) is -2.60. The van der Waals surface area contributed by atoms with Gasteiger partial charge in [0.2, 0.25) is 0 Å². The van der Waals surface area contributed by atoms with E-state index in [1.165, 1.54) is 38.3 Å². The molecular weight excluding hydrogens is 358 g/mol. The molecule has 138 valence electrons. The van der Waals surface area contributed by atoms with E-state index in [4.69, 9.17) is 4.74 Å². The van der Waals surface area contributed by atoms with Crippen LogP contribution < -0.4 is 4.72 Å². The SMILES string of the molecule is COC(=O)[C@@H](C)OC(=O)c1ccc(S(=O)(=O)Nc2ccc(C)cc2)cc1. The van der Waals surface area contributed by atoms with E-state index in [2.05, 4.69) is 9.46 Å². The number of hydrogen-bond donors (Lipinski definition) is 1. The van der Waals surface area contributed by atoms with E-state index in [1.807, 2.05) is 6.92 Å². The molecule has 0 aliphatic heterocycles. The normalized spacial score (nSPS) is 12.1. The number of ether oxygens (including phenoxy) is 2. The van der Waals surface area contributed by atoms with Crippen molar-refractivity contribution in [1.29, 1.82) is 0 Å². The van der Waals surface area contributed by atoms with Crippen molar-refractivity contribution in [2.75, 3.05) is 11.8 Å². The maximum atomic E-state index is 12.4. The average molecular weight is 377 g/mol. The number of rotatable bonds is 6. The topological polar surface area (TPSA) is 98.8 Å². The van der Waals surface area contributed by atoms with E-state index in [9.17, 15) is 18.0 Å². The fourth-order valence-electron chi connectivity index (χ4n) is 2.05. The molecule has 0 fully saturated rings. The van der Waals surface area contributed by atoms with Gasteiger partial charge in [-0.25, -0.2) is 18.0 Å². The molecule has 1 N–H and O–H groups in total. The van der Waals surface area contributed by atoms with Crippen LogP contribution in [0.15, 0.2) is 53.4 Å². The summed E-state index contributed by atoms with van der Waals surface area (Å²) in [5.74, 6) is -1.43. The van der Waals surface area contributed by atoms with E-state index in [0.717, 1.165) is 5.56 Å². The van der Waals surface area contributed by atoms with Crippen LogP contribution >= 0.6 is 0 Å². The number of hydrogen-bond acceptors (Lipinski definition) is 6. The standard InChI is InChI=1S/C18H19NO6S/c1-12-4-8-15(9-5-12)19-26(22,23)16-10-6-14(7-11-16)18(21)25-13(2)17(20)24-3/h4-11,13,19H,1-3H3/t13-/m1/s1. The first-order chi connectivity index (χ1) is 12.2. The Morgan fingerprint density at radius 1 is 1.00 bits per heavy atom. The number of nitrogens with one attached hydrogen (secondary N) is 1. The molecule has 0 unspecified atom stereocenters. The third-order valence-electron chi connectivity index (χ3n) is 3.52. The van der Waals surface area contributed by atoms with Gasteiger partial charge in [-0.3, -0.25) is 4.72 Å². The zero-order valence-electron chi connectivity index (χ0n) is 14.6. The minimum Gasteiger partial charge on any atom is -0.466 e. The number of anilines is 1. The van der Waals surface area contributed by atoms with E-state index >= 15 is 0 Å². The van der Waals surface area contributed by atoms with Gasteiger partial charge in [-0.15, -0.1) is 0 Å². The Morgan fingerprint density at radius 3 is 2.12 bits per heavy atom.